The molecule has 4 aromatic carbocycles. The van der Waals surface area contributed by atoms with Gasteiger partial charge in [0.2, 0.25) is 0 Å². The van der Waals surface area contributed by atoms with Crippen molar-refractivity contribution in [2.24, 2.45) is 0 Å². The van der Waals surface area contributed by atoms with E-state index >= 15 is 0 Å². The Morgan fingerprint density at radius 3 is 2.28 bits per heavy atom. The number of carboxylic acid groups (broad SMARTS) is 1. The first kappa shape index (κ1) is 17.1. The van der Waals surface area contributed by atoms with Gasteiger partial charge in [-0.2, -0.15) is 0 Å². The highest BCUT2D eigenvalue weighted by molar-refractivity contribution is 6.03. The molecule has 1 N–H and O–H groups in total. The molecule has 5 aromatic rings. The van der Waals surface area contributed by atoms with Crippen LogP contribution in [-0.2, 0) is 0 Å². The maximum atomic E-state index is 11.4. The molecule has 0 atom stereocenters. The predicted octanol–water partition coefficient (Wildman–Crippen LogP) is 5.82. The van der Waals surface area contributed by atoms with E-state index in [-0.39, 0.29) is 5.69 Å². The highest BCUT2D eigenvalue weighted by Gasteiger charge is 2.15. The van der Waals surface area contributed by atoms with Gasteiger partial charge < -0.3 is 5.11 Å². The highest BCUT2D eigenvalue weighted by Crippen LogP contribution is 2.38. The Labute approximate surface area is 167 Å². The van der Waals surface area contributed by atoms with Gasteiger partial charge in [0.15, 0.2) is 5.69 Å². The number of aromatic carboxylic acids is 1. The lowest BCUT2D eigenvalue weighted by Crippen LogP contribution is -2.02. The van der Waals surface area contributed by atoms with Crippen molar-refractivity contribution in [3.05, 3.63) is 96.8 Å². The monoisotopic (exact) mass is 376 g/mol. The molecule has 1 aromatic heterocycles. The molecule has 0 aliphatic rings. The normalized spacial score (nSPS) is 11.0. The van der Waals surface area contributed by atoms with Gasteiger partial charge in [-0.1, -0.05) is 72.8 Å². The van der Waals surface area contributed by atoms with Crippen molar-refractivity contribution in [2.75, 3.05) is 0 Å². The number of hydrogen-bond acceptors (Lipinski definition) is 3. The lowest BCUT2D eigenvalue weighted by Gasteiger charge is -2.14. The van der Waals surface area contributed by atoms with Crippen LogP contribution in [0.25, 0.3) is 44.1 Å². The minimum Gasteiger partial charge on any atom is -0.476 e. The Morgan fingerprint density at radius 1 is 0.724 bits per heavy atom. The SMILES string of the molecule is O=C(O)c1cnc2cc(-c3ccccc3)c(-c3cccc4ccccc34)cc2n1. The average molecular weight is 376 g/mol. The van der Waals surface area contributed by atoms with E-state index in [9.17, 15) is 9.90 Å². The van der Waals surface area contributed by atoms with Crippen LogP contribution in [-0.4, -0.2) is 21.0 Å². The third-order valence-electron chi connectivity index (χ3n) is 5.07. The fraction of sp³-hybridized carbons (Fsp3) is 0. The van der Waals surface area contributed by atoms with Crippen molar-refractivity contribution in [3.63, 3.8) is 0 Å². The van der Waals surface area contributed by atoms with Crippen LogP contribution in [0, 0.1) is 0 Å². The van der Waals surface area contributed by atoms with E-state index in [0.29, 0.717) is 11.0 Å². The van der Waals surface area contributed by atoms with Crippen molar-refractivity contribution in [3.8, 4) is 22.3 Å². The van der Waals surface area contributed by atoms with E-state index in [1.165, 1.54) is 6.20 Å². The fourth-order valence-electron chi connectivity index (χ4n) is 3.70. The number of nitrogens with zero attached hydrogens (tertiary/aromatic N) is 2. The lowest BCUT2D eigenvalue weighted by atomic mass is 9.91. The second-order valence-electron chi connectivity index (χ2n) is 6.84. The van der Waals surface area contributed by atoms with Gasteiger partial charge in [0.25, 0.3) is 0 Å². The summed E-state index contributed by atoms with van der Waals surface area (Å²) < 4.78 is 0. The van der Waals surface area contributed by atoms with E-state index < -0.39 is 5.97 Å². The van der Waals surface area contributed by atoms with Crippen molar-refractivity contribution in [1.29, 1.82) is 0 Å². The molecule has 0 radical (unpaired) electrons. The van der Waals surface area contributed by atoms with Gasteiger partial charge in [-0.3, -0.25) is 4.98 Å². The largest absolute Gasteiger partial charge is 0.476 e. The van der Waals surface area contributed by atoms with Crippen molar-refractivity contribution in [2.45, 2.75) is 0 Å². The first-order chi connectivity index (χ1) is 14.2. The number of aromatic nitrogens is 2. The van der Waals surface area contributed by atoms with Gasteiger partial charge in [-0.15, -0.1) is 0 Å². The van der Waals surface area contributed by atoms with Crippen molar-refractivity contribution in [1.82, 2.24) is 9.97 Å². The summed E-state index contributed by atoms with van der Waals surface area (Å²) in [5.41, 5.74) is 5.34. The Kier molecular flexibility index (Phi) is 4.03. The molecule has 29 heavy (non-hydrogen) atoms. The Hall–Kier alpha value is -4.05. The number of benzene rings is 4. The zero-order valence-electron chi connectivity index (χ0n) is 15.4. The summed E-state index contributed by atoms with van der Waals surface area (Å²) in [6.07, 6.45) is 1.30. The summed E-state index contributed by atoms with van der Waals surface area (Å²) in [6, 6.07) is 28.5. The number of carboxylic acids is 1. The van der Waals surface area contributed by atoms with Crippen LogP contribution < -0.4 is 0 Å². The van der Waals surface area contributed by atoms with Gasteiger partial charge >= 0.3 is 5.97 Å². The van der Waals surface area contributed by atoms with Crippen LogP contribution in [0.15, 0.2) is 91.1 Å². The predicted molar refractivity (Wildman–Crippen MR) is 115 cm³/mol. The number of rotatable bonds is 3. The van der Waals surface area contributed by atoms with Crippen molar-refractivity contribution < 1.29 is 9.90 Å². The minimum absolute atomic E-state index is 0.0613. The minimum atomic E-state index is -1.08. The maximum Gasteiger partial charge on any atom is 0.356 e. The molecule has 0 saturated carbocycles. The third-order valence-corrected chi connectivity index (χ3v) is 5.07. The molecule has 0 bridgehead atoms. The molecular formula is C25H16N2O2. The first-order valence-electron chi connectivity index (χ1n) is 9.28. The maximum absolute atomic E-state index is 11.4. The molecular weight excluding hydrogens is 360 g/mol. The lowest BCUT2D eigenvalue weighted by molar-refractivity contribution is 0.0690. The molecule has 0 aliphatic heterocycles. The summed E-state index contributed by atoms with van der Waals surface area (Å²) in [7, 11) is 0. The molecule has 0 aliphatic carbocycles. The Balaban J connectivity index is 1.87. The standard InChI is InChI=1S/C25H16N2O2/c28-25(29)24-15-26-22-13-20(17-7-2-1-3-8-17)21(14-23(22)27-24)19-12-6-10-16-9-4-5-11-18(16)19/h1-15H,(H,28,29). The van der Waals surface area contributed by atoms with Gasteiger partial charge in [-0.25, -0.2) is 9.78 Å². The molecule has 1 heterocycles. The van der Waals surface area contributed by atoms with E-state index in [1.54, 1.807) is 0 Å². The van der Waals surface area contributed by atoms with Crippen LogP contribution >= 0.6 is 0 Å². The second kappa shape index (κ2) is 6.84. The number of carbonyl (C=O) groups is 1. The summed E-state index contributed by atoms with van der Waals surface area (Å²) >= 11 is 0. The van der Waals surface area contributed by atoms with Gasteiger partial charge in [-0.05, 0) is 45.2 Å². The van der Waals surface area contributed by atoms with Crippen LogP contribution in [0.1, 0.15) is 10.5 Å². The van der Waals surface area contributed by atoms with E-state index in [1.807, 2.05) is 48.5 Å². The molecule has 4 nitrogen and oxygen atoms in total. The smallest absolute Gasteiger partial charge is 0.356 e. The zero-order valence-corrected chi connectivity index (χ0v) is 15.4. The fourth-order valence-corrected chi connectivity index (χ4v) is 3.70. The van der Waals surface area contributed by atoms with Crippen LogP contribution in [0.4, 0.5) is 0 Å². The molecule has 0 unspecified atom stereocenters. The topological polar surface area (TPSA) is 63.1 Å². The first-order valence-corrected chi connectivity index (χ1v) is 9.28. The van der Waals surface area contributed by atoms with Crippen molar-refractivity contribution >= 4 is 27.8 Å². The summed E-state index contributed by atoms with van der Waals surface area (Å²) in [4.78, 5) is 20.0. The molecule has 0 amide bonds. The van der Waals surface area contributed by atoms with Crippen LogP contribution in [0.2, 0.25) is 0 Å². The summed E-state index contributed by atoms with van der Waals surface area (Å²) in [5, 5.41) is 11.6. The van der Waals surface area contributed by atoms with Crippen LogP contribution in [0.5, 0.6) is 0 Å². The Morgan fingerprint density at radius 2 is 1.45 bits per heavy atom. The third kappa shape index (κ3) is 3.01. The van der Waals surface area contributed by atoms with Gasteiger partial charge in [0.1, 0.15) is 0 Å². The van der Waals surface area contributed by atoms with Gasteiger partial charge in [0.05, 0.1) is 17.2 Å². The van der Waals surface area contributed by atoms with Crippen LogP contribution in [0.3, 0.4) is 0 Å². The molecule has 0 fully saturated rings. The van der Waals surface area contributed by atoms with E-state index in [0.717, 1.165) is 33.0 Å². The quantitative estimate of drug-likeness (QED) is 0.431. The summed E-state index contributed by atoms with van der Waals surface area (Å²) in [5.74, 6) is -1.08. The molecule has 4 heteroatoms. The zero-order chi connectivity index (χ0) is 19.8. The Bertz CT molecular complexity index is 1370. The number of hydrogen-bond donors (Lipinski definition) is 1. The molecule has 0 spiro atoms. The second-order valence-corrected chi connectivity index (χ2v) is 6.84. The molecule has 5 rings (SSSR count). The van der Waals surface area contributed by atoms with E-state index in [4.69, 9.17) is 0 Å². The van der Waals surface area contributed by atoms with E-state index in [2.05, 4.69) is 46.4 Å². The highest BCUT2D eigenvalue weighted by atomic mass is 16.4. The number of fused-ring (bicyclic) bond motifs is 2. The van der Waals surface area contributed by atoms with Gasteiger partial charge in [0, 0.05) is 0 Å². The molecule has 138 valence electrons. The summed E-state index contributed by atoms with van der Waals surface area (Å²) in [6.45, 7) is 0. The molecule has 0 saturated heterocycles. The average Bonchev–Trinajstić information content (AvgIpc) is 2.78.